The van der Waals surface area contributed by atoms with Crippen molar-refractivity contribution in [2.24, 2.45) is 0 Å². The fourth-order valence-electron chi connectivity index (χ4n) is 2.62. The maximum atomic E-state index is 12.9. The van der Waals surface area contributed by atoms with Crippen LogP contribution in [0.2, 0.25) is 0 Å². The first-order chi connectivity index (χ1) is 10.3. The molecule has 0 aliphatic carbocycles. The van der Waals surface area contributed by atoms with Crippen molar-refractivity contribution in [2.45, 2.75) is 18.6 Å². The van der Waals surface area contributed by atoms with E-state index in [1.165, 1.54) is 0 Å². The van der Waals surface area contributed by atoms with Gasteiger partial charge >= 0.3 is 6.18 Å². The summed E-state index contributed by atoms with van der Waals surface area (Å²) >= 11 is 0. The summed E-state index contributed by atoms with van der Waals surface area (Å²) in [7, 11) is 0. The fraction of sp³-hybridized carbons (Fsp3) is 0.538. The Balaban J connectivity index is 2.43. The number of aromatic hydroxyl groups is 1. The molecule has 1 saturated heterocycles. The number of alkyl halides is 3. The smallest absolute Gasteiger partial charge is 0.390 e. The molecule has 0 spiro atoms. The Morgan fingerprint density at radius 3 is 2.55 bits per heavy atom. The molecule has 0 bridgehead atoms. The van der Waals surface area contributed by atoms with E-state index in [-0.39, 0.29) is 11.3 Å². The minimum Gasteiger partial charge on any atom is -0.508 e. The number of phenolic OH excluding ortho intramolecular Hbond substituents is 1. The van der Waals surface area contributed by atoms with E-state index in [0.717, 1.165) is 18.2 Å². The van der Waals surface area contributed by atoms with E-state index < -0.39 is 29.2 Å². The number of nitro groups is 1. The van der Waals surface area contributed by atoms with Gasteiger partial charge in [0.05, 0.1) is 22.9 Å². The molecule has 1 atom stereocenters. The first-order valence-corrected chi connectivity index (χ1v) is 6.77. The van der Waals surface area contributed by atoms with Crippen molar-refractivity contribution in [1.29, 1.82) is 0 Å². The van der Waals surface area contributed by atoms with Crippen LogP contribution in [0.5, 0.6) is 5.75 Å². The molecule has 9 heteroatoms. The molecule has 1 aliphatic rings. The Morgan fingerprint density at radius 2 is 2.00 bits per heavy atom. The van der Waals surface area contributed by atoms with E-state index in [0.29, 0.717) is 26.2 Å². The highest BCUT2D eigenvalue weighted by atomic mass is 19.4. The van der Waals surface area contributed by atoms with E-state index in [1.807, 2.05) is 0 Å². The van der Waals surface area contributed by atoms with Crippen LogP contribution in [0.3, 0.4) is 0 Å². The molecule has 0 aromatic heterocycles. The number of piperazine rings is 1. The minimum absolute atomic E-state index is 0.107. The lowest BCUT2D eigenvalue weighted by atomic mass is 9.98. The maximum Gasteiger partial charge on any atom is 0.390 e. The van der Waals surface area contributed by atoms with Crippen LogP contribution in [-0.4, -0.2) is 47.3 Å². The van der Waals surface area contributed by atoms with Crippen LogP contribution in [0.1, 0.15) is 18.0 Å². The summed E-state index contributed by atoms with van der Waals surface area (Å²) in [5.41, 5.74) is -0.519. The number of nitro benzene ring substituents is 1. The molecule has 2 rings (SSSR count). The molecule has 1 fully saturated rings. The lowest BCUT2D eigenvalue weighted by molar-refractivity contribution is -0.386. The first kappa shape index (κ1) is 16.5. The minimum atomic E-state index is -4.46. The normalized spacial score (nSPS) is 18.1. The maximum absolute atomic E-state index is 12.9. The van der Waals surface area contributed by atoms with Crippen molar-refractivity contribution >= 4 is 5.69 Å². The molecule has 1 aliphatic heterocycles. The van der Waals surface area contributed by atoms with E-state index >= 15 is 0 Å². The van der Waals surface area contributed by atoms with Crippen LogP contribution < -0.4 is 5.32 Å². The Bertz CT molecular complexity index is 545. The molecule has 6 nitrogen and oxygen atoms in total. The van der Waals surface area contributed by atoms with Crippen LogP contribution in [0.15, 0.2) is 18.2 Å². The van der Waals surface area contributed by atoms with Crippen LogP contribution in [-0.2, 0) is 0 Å². The molecule has 122 valence electrons. The number of rotatable bonds is 4. The number of phenols is 1. The zero-order chi connectivity index (χ0) is 16.3. The van der Waals surface area contributed by atoms with Crippen molar-refractivity contribution in [3.8, 4) is 5.75 Å². The number of hydrogen-bond donors (Lipinski definition) is 2. The van der Waals surface area contributed by atoms with Crippen LogP contribution in [0.4, 0.5) is 18.9 Å². The number of nitrogens with one attached hydrogen (secondary N) is 1. The molecule has 1 aromatic rings. The van der Waals surface area contributed by atoms with Crippen LogP contribution in [0.25, 0.3) is 0 Å². The van der Waals surface area contributed by atoms with Gasteiger partial charge in [-0.3, -0.25) is 15.0 Å². The van der Waals surface area contributed by atoms with Crippen molar-refractivity contribution < 1.29 is 23.2 Å². The summed E-state index contributed by atoms with van der Waals surface area (Å²) in [5.74, 6) is -0.289. The molecular weight excluding hydrogens is 303 g/mol. The summed E-state index contributed by atoms with van der Waals surface area (Å²) in [5, 5.41) is 23.7. The molecule has 2 N–H and O–H groups in total. The second-order valence-electron chi connectivity index (χ2n) is 5.12. The lowest BCUT2D eigenvalue weighted by Crippen LogP contribution is -2.46. The molecule has 22 heavy (non-hydrogen) atoms. The zero-order valence-corrected chi connectivity index (χ0v) is 11.6. The molecule has 0 radical (unpaired) electrons. The van der Waals surface area contributed by atoms with E-state index in [2.05, 4.69) is 5.32 Å². The highest BCUT2D eigenvalue weighted by Crippen LogP contribution is 2.39. The van der Waals surface area contributed by atoms with Gasteiger partial charge in [-0.25, -0.2) is 0 Å². The zero-order valence-electron chi connectivity index (χ0n) is 11.6. The lowest BCUT2D eigenvalue weighted by Gasteiger charge is -2.35. The third kappa shape index (κ3) is 4.08. The van der Waals surface area contributed by atoms with Crippen molar-refractivity contribution in [2.75, 3.05) is 26.2 Å². The summed E-state index contributed by atoms with van der Waals surface area (Å²) in [6, 6.07) is 2.01. The second kappa shape index (κ2) is 6.49. The average Bonchev–Trinajstić information content (AvgIpc) is 2.44. The highest BCUT2D eigenvalue weighted by Gasteiger charge is 2.38. The van der Waals surface area contributed by atoms with Crippen molar-refractivity contribution in [1.82, 2.24) is 10.2 Å². The first-order valence-electron chi connectivity index (χ1n) is 6.77. The van der Waals surface area contributed by atoms with Gasteiger partial charge in [0.2, 0.25) is 0 Å². The van der Waals surface area contributed by atoms with Crippen LogP contribution >= 0.6 is 0 Å². The standard InChI is InChI=1S/C13H16F3N3O3/c14-13(15,16)8-12(18-5-3-17-4-6-18)10-7-9(20)1-2-11(10)19(21)22/h1-2,7,12,17,20H,3-6,8H2/t12-/m0/s1. The largest absolute Gasteiger partial charge is 0.508 e. The summed E-state index contributed by atoms with van der Waals surface area (Å²) in [4.78, 5) is 11.9. The second-order valence-corrected chi connectivity index (χ2v) is 5.12. The SMILES string of the molecule is O=[N+]([O-])c1ccc(O)cc1[C@H](CC(F)(F)F)N1CCNCC1. The van der Waals surface area contributed by atoms with Gasteiger partial charge < -0.3 is 10.4 Å². The summed E-state index contributed by atoms with van der Waals surface area (Å²) < 4.78 is 38.7. The number of nitrogens with zero attached hydrogens (tertiary/aromatic N) is 2. The van der Waals surface area contributed by atoms with E-state index in [4.69, 9.17) is 0 Å². The number of halogens is 3. The summed E-state index contributed by atoms with van der Waals surface area (Å²) in [6.07, 6.45) is -5.66. The Kier molecular flexibility index (Phi) is 4.87. The van der Waals surface area contributed by atoms with Gasteiger partial charge in [0.25, 0.3) is 5.69 Å². The van der Waals surface area contributed by atoms with Gasteiger partial charge in [-0.15, -0.1) is 0 Å². The fourth-order valence-corrected chi connectivity index (χ4v) is 2.62. The van der Waals surface area contributed by atoms with E-state index in [1.54, 1.807) is 4.90 Å². The van der Waals surface area contributed by atoms with Gasteiger partial charge in [-0.1, -0.05) is 0 Å². The van der Waals surface area contributed by atoms with Gasteiger partial charge in [0, 0.05) is 32.2 Å². The Labute approximate surface area is 124 Å². The summed E-state index contributed by atoms with van der Waals surface area (Å²) in [6.45, 7) is 1.74. The monoisotopic (exact) mass is 319 g/mol. The molecule has 1 aromatic carbocycles. The van der Waals surface area contributed by atoms with Crippen LogP contribution in [0, 0.1) is 10.1 Å². The van der Waals surface area contributed by atoms with Gasteiger partial charge in [0.1, 0.15) is 5.75 Å². The highest BCUT2D eigenvalue weighted by molar-refractivity contribution is 5.46. The quantitative estimate of drug-likeness (QED) is 0.657. The molecule has 0 amide bonds. The number of benzene rings is 1. The van der Waals surface area contributed by atoms with Crippen molar-refractivity contribution in [3.63, 3.8) is 0 Å². The predicted molar refractivity (Wildman–Crippen MR) is 72.6 cm³/mol. The predicted octanol–water partition coefficient (Wildman–Crippen LogP) is 2.20. The molecule has 1 heterocycles. The molecule has 0 unspecified atom stereocenters. The van der Waals surface area contributed by atoms with Gasteiger partial charge in [-0.05, 0) is 12.1 Å². The van der Waals surface area contributed by atoms with Crippen molar-refractivity contribution in [3.05, 3.63) is 33.9 Å². The Morgan fingerprint density at radius 1 is 1.36 bits per heavy atom. The third-order valence-corrected chi connectivity index (χ3v) is 3.58. The molecular formula is C13H16F3N3O3. The van der Waals surface area contributed by atoms with E-state index in [9.17, 15) is 28.4 Å². The number of hydrogen-bond acceptors (Lipinski definition) is 5. The van der Waals surface area contributed by atoms with Gasteiger partial charge in [0.15, 0.2) is 0 Å². The molecule has 0 saturated carbocycles. The third-order valence-electron chi connectivity index (χ3n) is 3.58. The average molecular weight is 319 g/mol. The van der Waals surface area contributed by atoms with Gasteiger partial charge in [-0.2, -0.15) is 13.2 Å². The Hall–Kier alpha value is -1.87. The topological polar surface area (TPSA) is 78.6 Å².